The minimum Gasteiger partial charge on any atom is -0.351 e. The first-order valence-corrected chi connectivity index (χ1v) is 11.0. The highest BCUT2D eigenvalue weighted by atomic mass is 35.5. The van der Waals surface area contributed by atoms with E-state index >= 15 is 0 Å². The summed E-state index contributed by atoms with van der Waals surface area (Å²) >= 11 is 6.14. The molecule has 1 aromatic carbocycles. The average molecular weight is 402 g/mol. The molecule has 26 heavy (non-hydrogen) atoms. The molecule has 146 valence electrons. The van der Waals surface area contributed by atoms with Gasteiger partial charge in [0, 0.05) is 31.7 Å². The van der Waals surface area contributed by atoms with Gasteiger partial charge in [-0.1, -0.05) is 31.9 Å². The Labute approximate surface area is 161 Å². The zero-order valence-electron chi connectivity index (χ0n) is 15.5. The van der Waals surface area contributed by atoms with E-state index in [1.165, 1.54) is 16.4 Å². The second-order valence-corrected chi connectivity index (χ2v) is 8.71. The van der Waals surface area contributed by atoms with Gasteiger partial charge in [-0.05, 0) is 44.1 Å². The number of hydrogen-bond donors (Lipinski definition) is 1. The Kier molecular flexibility index (Phi) is 7.88. The molecule has 1 aromatic rings. The smallest absolute Gasteiger partial charge is 0.251 e. The van der Waals surface area contributed by atoms with E-state index in [9.17, 15) is 13.2 Å². The molecule has 0 atom stereocenters. The van der Waals surface area contributed by atoms with Crippen LogP contribution in [0.2, 0.25) is 5.02 Å². The Morgan fingerprint density at radius 1 is 1.19 bits per heavy atom. The van der Waals surface area contributed by atoms with Crippen molar-refractivity contribution >= 4 is 27.5 Å². The van der Waals surface area contributed by atoms with E-state index in [-0.39, 0.29) is 15.8 Å². The number of rotatable bonds is 8. The van der Waals surface area contributed by atoms with Crippen molar-refractivity contribution in [1.29, 1.82) is 0 Å². The van der Waals surface area contributed by atoms with E-state index in [2.05, 4.69) is 24.1 Å². The average Bonchev–Trinajstić information content (AvgIpc) is 2.66. The molecule has 0 spiro atoms. The third kappa shape index (κ3) is 5.19. The highest BCUT2D eigenvalue weighted by Crippen LogP contribution is 2.27. The van der Waals surface area contributed by atoms with Crippen molar-refractivity contribution in [2.75, 3.05) is 39.3 Å². The third-order valence-electron chi connectivity index (χ3n) is 4.73. The number of sulfonamides is 1. The SMILES string of the molecule is CCN(CC)CCNC(=O)c1ccc(Cl)c(S(=O)(=O)N2CCCCC2)c1. The van der Waals surface area contributed by atoms with Crippen molar-refractivity contribution in [3.63, 3.8) is 0 Å². The van der Waals surface area contributed by atoms with Gasteiger partial charge in [-0.2, -0.15) is 4.31 Å². The monoisotopic (exact) mass is 401 g/mol. The molecule has 1 heterocycles. The first kappa shape index (κ1) is 21.2. The van der Waals surface area contributed by atoms with Gasteiger partial charge in [0.05, 0.1) is 5.02 Å². The van der Waals surface area contributed by atoms with Gasteiger partial charge in [-0.15, -0.1) is 0 Å². The molecule has 1 aliphatic heterocycles. The normalized spacial score (nSPS) is 16.0. The van der Waals surface area contributed by atoms with E-state index in [0.29, 0.717) is 25.2 Å². The van der Waals surface area contributed by atoms with Crippen molar-refractivity contribution in [2.24, 2.45) is 0 Å². The number of hydrogen-bond acceptors (Lipinski definition) is 4. The van der Waals surface area contributed by atoms with E-state index in [1.807, 2.05) is 0 Å². The fourth-order valence-corrected chi connectivity index (χ4v) is 5.07. The molecule has 1 N–H and O–H groups in total. The van der Waals surface area contributed by atoms with Crippen molar-refractivity contribution in [1.82, 2.24) is 14.5 Å². The number of carbonyl (C=O) groups is 1. The number of likely N-dealkylation sites (N-methyl/N-ethyl adjacent to an activating group) is 1. The standard InChI is InChI=1S/C18H28ClN3O3S/c1-3-21(4-2)13-10-20-18(23)15-8-9-16(19)17(14-15)26(24,25)22-11-6-5-7-12-22/h8-9,14H,3-7,10-13H2,1-2H3,(H,20,23). The number of halogens is 1. The molecule has 0 unspecified atom stereocenters. The lowest BCUT2D eigenvalue weighted by molar-refractivity contribution is 0.0948. The first-order chi connectivity index (χ1) is 12.4. The third-order valence-corrected chi connectivity index (χ3v) is 7.11. The van der Waals surface area contributed by atoms with Crippen molar-refractivity contribution in [3.8, 4) is 0 Å². The number of amides is 1. The van der Waals surface area contributed by atoms with Gasteiger partial charge < -0.3 is 10.2 Å². The maximum absolute atomic E-state index is 12.9. The van der Waals surface area contributed by atoms with Crippen molar-refractivity contribution in [3.05, 3.63) is 28.8 Å². The van der Waals surface area contributed by atoms with Gasteiger partial charge in [-0.25, -0.2) is 8.42 Å². The van der Waals surface area contributed by atoms with Gasteiger partial charge in [-0.3, -0.25) is 4.79 Å². The van der Waals surface area contributed by atoms with Crippen LogP contribution in [0.4, 0.5) is 0 Å². The van der Waals surface area contributed by atoms with Crippen LogP contribution in [0, 0.1) is 0 Å². The van der Waals surface area contributed by atoms with Crippen LogP contribution in [0.15, 0.2) is 23.1 Å². The largest absolute Gasteiger partial charge is 0.351 e. The van der Waals surface area contributed by atoms with Gasteiger partial charge in [0.2, 0.25) is 10.0 Å². The van der Waals surface area contributed by atoms with Crippen LogP contribution < -0.4 is 5.32 Å². The molecule has 6 nitrogen and oxygen atoms in total. The maximum Gasteiger partial charge on any atom is 0.251 e. The number of carbonyl (C=O) groups excluding carboxylic acids is 1. The van der Waals surface area contributed by atoms with Crippen molar-refractivity contribution < 1.29 is 13.2 Å². The Morgan fingerprint density at radius 3 is 2.46 bits per heavy atom. The van der Waals surface area contributed by atoms with E-state index in [4.69, 9.17) is 11.6 Å². The fraction of sp³-hybridized carbons (Fsp3) is 0.611. The molecular formula is C18H28ClN3O3S. The van der Waals surface area contributed by atoms with Crippen LogP contribution in [0.3, 0.4) is 0 Å². The second-order valence-electron chi connectivity index (χ2n) is 6.39. The number of nitrogens with one attached hydrogen (secondary N) is 1. The Morgan fingerprint density at radius 2 is 1.85 bits per heavy atom. The molecule has 1 aliphatic rings. The predicted octanol–water partition coefficient (Wildman–Crippen LogP) is 2.59. The molecule has 1 saturated heterocycles. The van der Waals surface area contributed by atoms with E-state index < -0.39 is 10.0 Å². The second kappa shape index (κ2) is 9.69. The summed E-state index contributed by atoms with van der Waals surface area (Å²) in [5, 5.41) is 2.99. The van der Waals surface area contributed by atoms with Crippen molar-refractivity contribution in [2.45, 2.75) is 38.0 Å². The minimum atomic E-state index is -3.68. The predicted molar refractivity (Wildman–Crippen MR) is 104 cm³/mol. The number of piperidine rings is 1. The molecular weight excluding hydrogens is 374 g/mol. The Hall–Kier alpha value is -1.15. The zero-order valence-corrected chi connectivity index (χ0v) is 17.1. The summed E-state index contributed by atoms with van der Waals surface area (Å²) in [6, 6.07) is 4.43. The molecule has 8 heteroatoms. The summed E-state index contributed by atoms with van der Waals surface area (Å²) < 4.78 is 27.2. The number of nitrogens with zero attached hydrogens (tertiary/aromatic N) is 2. The molecule has 0 radical (unpaired) electrons. The summed E-state index contributed by atoms with van der Waals surface area (Å²) in [5.74, 6) is -0.288. The highest BCUT2D eigenvalue weighted by molar-refractivity contribution is 7.89. The summed E-state index contributed by atoms with van der Waals surface area (Å²) in [5.41, 5.74) is 0.310. The maximum atomic E-state index is 12.9. The lowest BCUT2D eigenvalue weighted by Gasteiger charge is -2.26. The van der Waals surface area contributed by atoms with E-state index in [1.54, 1.807) is 6.07 Å². The Bertz CT molecular complexity index is 714. The molecule has 0 saturated carbocycles. The van der Waals surface area contributed by atoms with Crippen LogP contribution in [-0.4, -0.2) is 62.8 Å². The summed E-state index contributed by atoms with van der Waals surface area (Å²) in [7, 11) is -3.68. The fourth-order valence-electron chi connectivity index (χ4n) is 3.06. The number of benzene rings is 1. The minimum absolute atomic E-state index is 0.0115. The van der Waals surface area contributed by atoms with Gasteiger partial charge in [0.25, 0.3) is 5.91 Å². The topological polar surface area (TPSA) is 69.7 Å². The highest BCUT2D eigenvalue weighted by Gasteiger charge is 2.28. The lowest BCUT2D eigenvalue weighted by Crippen LogP contribution is -2.36. The molecule has 2 rings (SSSR count). The molecule has 0 aromatic heterocycles. The van der Waals surface area contributed by atoms with Crippen LogP contribution >= 0.6 is 11.6 Å². The summed E-state index contributed by atoms with van der Waals surface area (Å²) in [6.07, 6.45) is 2.74. The zero-order chi connectivity index (χ0) is 19.2. The van der Waals surface area contributed by atoms with Crippen LogP contribution in [0.25, 0.3) is 0 Å². The van der Waals surface area contributed by atoms with Crippen LogP contribution in [-0.2, 0) is 10.0 Å². The summed E-state index contributed by atoms with van der Waals surface area (Å²) in [6.45, 7) is 8.25. The van der Waals surface area contributed by atoms with Gasteiger partial charge in [0.1, 0.15) is 4.90 Å². The van der Waals surface area contributed by atoms with Gasteiger partial charge in [0.15, 0.2) is 0 Å². The van der Waals surface area contributed by atoms with Crippen LogP contribution in [0.1, 0.15) is 43.5 Å². The quantitative estimate of drug-likeness (QED) is 0.726. The molecule has 0 aliphatic carbocycles. The Balaban J connectivity index is 2.12. The summed E-state index contributed by atoms with van der Waals surface area (Å²) in [4.78, 5) is 14.6. The molecule has 0 bridgehead atoms. The lowest BCUT2D eigenvalue weighted by atomic mass is 10.2. The molecule has 1 fully saturated rings. The van der Waals surface area contributed by atoms with E-state index in [0.717, 1.165) is 38.9 Å². The first-order valence-electron chi connectivity index (χ1n) is 9.20. The van der Waals surface area contributed by atoms with Gasteiger partial charge >= 0.3 is 0 Å². The van der Waals surface area contributed by atoms with Crippen LogP contribution in [0.5, 0.6) is 0 Å². The molecule has 1 amide bonds.